The predicted octanol–water partition coefficient (Wildman–Crippen LogP) is 2.23. The standard InChI is InChI=1S/C19H27N5O2/c1-2-3-4-5-6-9-15(25)21-19-22-17-16(18(26)23-19)14(12-20-17)13-24-10-7-8-11-24/h12H,2-11,13H2,1H3,(H,21,23,25,26). The number of hydrogen-bond acceptors (Lipinski definition) is 5. The van der Waals surface area contributed by atoms with Crippen molar-refractivity contribution in [2.45, 2.75) is 58.3 Å². The molecule has 3 aliphatic rings. The van der Waals surface area contributed by atoms with Gasteiger partial charge in [-0.3, -0.25) is 19.8 Å². The van der Waals surface area contributed by atoms with Crippen LogP contribution in [0.3, 0.4) is 0 Å². The molecule has 140 valence electrons. The summed E-state index contributed by atoms with van der Waals surface area (Å²) in [4.78, 5) is 39.2. The minimum Gasteiger partial charge on any atom is -0.299 e. The van der Waals surface area contributed by atoms with Gasteiger partial charge in [-0.1, -0.05) is 32.6 Å². The van der Waals surface area contributed by atoms with Gasteiger partial charge in [-0.2, -0.15) is 9.98 Å². The third-order valence-electron chi connectivity index (χ3n) is 4.87. The van der Waals surface area contributed by atoms with Crippen molar-refractivity contribution in [3.05, 3.63) is 11.1 Å². The Balaban J connectivity index is 1.54. The van der Waals surface area contributed by atoms with Crippen LogP contribution in [0.25, 0.3) is 0 Å². The van der Waals surface area contributed by atoms with Gasteiger partial charge in [0.25, 0.3) is 5.91 Å². The molecule has 0 spiro atoms. The maximum atomic E-state index is 12.4. The maximum Gasteiger partial charge on any atom is 0.284 e. The van der Waals surface area contributed by atoms with Crippen molar-refractivity contribution in [3.63, 3.8) is 0 Å². The molecule has 0 radical (unpaired) electrons. The molecule has 3 rings (SSSR count). The molecule has 7 heteroatoms. The van der Waals surface area contributed by atoms with E-state index >= 15 is 0 Å². The molecule has 0 atom stereocenters. The first kappa shape index (κ1) is 18.6. The number of unbranched alkanes of at least 4 members (excludes halogenated alkanes) is 4. The summed E-state index contributed by atoms with van der Waals surface area (Å²) in [7, 11) is 0. The highest BCUT2D eigenvalue weighted by Crippen LogP contribution is 2.21. The van der Waals surface area contributed by atoms with Crippen LogP contribution >= 0.6 is 0 Å². The SMILES string of the molecule is CCCCCCCC(=O)NC1=NC(=O)C2=C(CN3CCCC3)C=NC2=N1. The Morgan fingerprint density at radius 2 is 1.92 bits per heavy atom. The summed E-state index contributed by atoms with van der Waals surface area (Å²) in [6.45, 7) is 4.97. The second-order valence-corrected chi connectivity index (χ2v) is 7.03. The molecule has 3 heterocycles. The van der Waals surface area contributed by atoms with Crippen LogP contribution < -0.4 is 5.32 Å². The summed E-state index contributed by atoms with van der Waals surface area (Å²) >= 11 is 0. The van der Waals surface area contributed by atoms with E-state index in [2.05, 4.69) is 32.1 Å². The lowest BCUT2D eigenvalue weighted by Crippen LogP contribution is -2.33. The molecule has 0 unspecified atom stereocenters. The zero-order valence-corrected chi connectivity index (χ0v) is 15.5. The molecule has 3 aliphatic heterocycles. The lowest BCUT2D eigenvalue weighted by atomic mass is 10.1. The van der Waals surface area contributed by atoms with Gasteiger partial charge in [0.1, 0.15) is 0 Å². The van der Waals surface area contributed by atoms with E-state index in [1.54, 1.807) is 6.21 Å². The van der Waals surface area contributed by atoms with Crippen molar-refractivity contribution < 1.29 is 9.59 Å². The van der Waals surface area contributed by atoms with Crippen LogP contribution in [-0.2, 0) is 9.59 Å². The Bertz CT molecular complexity index is 684. The van der Waals surface area contributed by atoms with Gasteiger partial charge < -0.3 is 0 Å². The van der Waals surface area contributed by atoms with Crippen molar-refractivity contribution in [1.29, 1.82) is 0 Å². The summed E-state index contributed by atoms with van der Waals surface area (Å²) in [5.41, 5.74) is 1.36. The topological polar surface area (TPSA) is 86.5 Å². The van der Waals surface area contributed by atoms with Crippen molar-refractivity contribution in [1.82, 2.24) is 10.2 Å². The molecule has 0 aromatic rings. The molecule has 7 nitrogen and oxygen atoms in total. The van der Waals surface area contributed by atoms with Crippen molar-refractivity contribution in [2.24, 2.45) is 15.0 Å². The Kier molecular flexibility index (Phi) is 6.44. The Labute approximate surface area is 154 Å². The number of guanidine groups is 1. The van der Waals surface area contributed by atoms with E-state index in [9.17, 15) is 9.59 Å². The van der Waals surface area contributed by atoms with Crippen molar-refractivity contribution in [3.8, 4) is 0 Å². The number of fused-ring (bicyclic) bond motifs is 1. The number of carbonyl (C=O) groups excluding carboxylic acids is 2. The Morgan fingerprint density at radius 3 is 2.69 bits per heavy atom. The average molecular weight is 357 g/mol. The van der Waals surface area contributed by atoms with Gasteiger partial charge in [0.15, 0.2) is 5.84 Å². The number of amides is 2. The molecule has 0 aromatic heterocycles. The van der Waals surface area contributed by atoms with E-state index in [1.807, 2.05) is 0 Å². The summed E-state index contributed by atoms with van der Waals surface area (Å²) in [6.07, 6.45) is 9.93. The van der Waals surface area contributed by atoms with Crippen LogP contribution in [-0.4, -0.2) is 54.4 Å². The molecule has 0 saturated carbocycles. The molecule has 1 saturated heterocycles. The third-order valence-corrected chi connectivity index (χ3v) is 4.87. The minimum absolute atomic E-state index is 0.0619. The molecular weight excluding hydrogens is 330 g/mol. The van der Waals surface area contributed by atoms with Crippen LogP contribution in [0.1, 0.15) is 58.3 Å². The van der Waals surface area contributed by atoms with E-state index < -0.39 is 0 Å². The smallest absolute Gasteiger partial charge is 0.284 e. The van der Waals surface area contributed by atoms with Gasteiger partial charge in [0.05, 0.1) is 5.57 Å². The summed E-state index contributed by atoms with van der Waals surface area (Å²) < 4.78 is 0. The number of carbonyl (C=O) groups is 2. The summed E-state index contributed by atoms with van der Waals surface area (Å²) in [5, 5.41) is 2.64. The normalized spacial score (nSPS) is 19.7. The number of nitrogens with one attached hydrogen (secondary N) is 1. The fourth-order valence-corrected chi connectivity index (χ4v) is 3.44. The first-order valence-corrected chi connectivity index (χ1v) is 9.69. The number of rotatable bonds is 8. The van der Waals surface area contributed by atoms with Crippen LogP contribution in [0, 0.1) is 0 Å². The van der Waals surface area contributed by atoms with Crippen LogP contribution in [0.5, 0.6) is 0 Å². The molecule has 2 amide bonds. The molecular formula is C19H27N5O2. The second-order valence-electron chi connectivity index (χ2n) is 7.03. The first-order valence-electron chi connectivity index (χ1n) is 9.69. The van der Waals surface area contributed by atoms with Gasteiger partial charge in [0, 0.05) is 24.8 Å². The quantitative estimate of drug-likeness (QED) is 0.676. The maximum absolute atomic E-state index is 12.4. The third kappa shape index (κ3) is 4.72. The van der Waals surface area contributed by atoms with E-state index in [0.717, 1.165) is 37.9 Å². The van der Waals surface area contributed by atoms with Gasteiger partial charge in [-0.15, -0.1) is 0 Å². The zero-order valence-electron chi connectivity index (χ0n) is 15.5. The summed E-state index contributed by atoms with van der Waals surface area (Å²) in [6, 6.07) is 0. The van der Waals surface area contributed by atoms with Crippen LogP contribution in [0.4, 0.5) is 0 Å². The van der Waals surface area contributed by atoms with Crippen molar-refractivity contribution >= 4 is 29.8 Å². The number of nitrogens with zero attached hydrogens (tertiary/aromatic N) is 4. The van der Waals surface area contributed by atoms with Crippen LogP contribution in [0.15, 0.2) is 26.1 Å². The highest BCUT2D eigenvalue weighted by Gasteiger charge is 2.30. The molecule has 0 bridgehead atoms. The zero-order chi connectivity index (χ0) is 18.4. The van der Waals surface area contributed by atoms with E-state index in [0.29, 0.717) is 24.4 Å². The molecule has 0 aromatic carbocycles. The van der Waals surface area contributed by atoms with Gasteiger partial charge in [-0.05, 0) is 32.4 Å². The number of aliphatic imine (C=N–C) groups is 3. The fraction of sp³-hybridized carbons (Fsp3) is 0.632. The molecule has 1 fully saturated rings. The number of hydrogen-bond donors (Lipinski definition) is 1. The van der Waals surface area contributed by atoms with Crippen molar-refractivity contribution in [2.75, 3.05) is 19.6 Å². The monoisotopic (exact) mass is 357 g/mol. The average Bonchev–Trinajstić information content (AvgIpc) is 3.25. The molecule has 1 N–H and O–H groups in total. The van der Waals surface area contributed by atoms with Gasteiger partial charge in [-0.25, -0.2) is 4.99 Å². The van der Waals surface area contributed by atoms with E-state index in [-0.39, 0.29) is 17.8 Å². The molecule has 0 aliphatic carbocycles. The minimum atomic E-state index is -0.361. The van der Waals surface area contributed by atoms with Gasteiger partial charge in [0.2, 0.25) is 11.9 Å². The Morgan fingerprint density at radius 1 is 1.15 bits per heavy atom. The van der Waals surface area contributed by atoms with E-state index in [4.69, 9.17) is 0 Å². The Hall–Kier alpha value is -2.15. The second kappa shape index (κ2) is 8.98. The van der Waals surface area contributed by atoms with Gasteiger partial charge >= 0.3 is 0 Å². The predicted molar refractivity (Wildman–Crippen MR) is 103 cm³/mol. The number of likely N-dealkylation sites (tertiary alicyclic amines) is 1. The first-order chi connectivity index (χ1) is 12.7. The van der Waals surface area contributed by atoms with Crippen LogP contribution in [0.2, 0.25) is 0 Å². The largest absolute Gasteiger partial charge is 0.299 e. The lowest BCUT2D eigenvalue weighted by Gasteiger charge is -2.15. The summed E-state index contributed by atoms with van der Waals surface area (Å²) in [5.74, 6) is -0.0756. The van der Waals surface area contributed by atoms with E-state index in [1.165, 1.54) is 25.7 Å². The lowest BCUT2D eigenvalue weighted by molar-refractivity contribution is -0.119. The molecule has 26 heavy (non-hydrogen) atoms. The number of amidine groups is 1. The fourth-order valence-electron chi connectivity index (χ4n) is 3.44. The highest BCUT2D eigenvalue weighted by molar-refractivity contribution is 6.34. The highest BCUT2D eigenvalue weighted by atomic mass is 16.2.